The van der Waals surface area contributed by atoms with Crippen molar-refractivity contribution in [1.82, 2.24) is 10.6 Å². The van der Waals surface area contributed by atoms with Crippen LogP contribution in [0.3, 0.4) is 0 Å². The highest BCUT2D eigenvalue weighted by Gasteiger charge is 2.24. The summed E-state index contributed by atoms with van der Waals surface area (Å²) in [5, 5.41) is 47.7. The van der Waals surface area contributed by atoms with E-state index in [2.05, 4.69) is 36.9 Å². The van der Waals surface area contributed by atoms with Crippen molar-refractivity contribution < 1.29 is 34.8 Å². The first kappa shape index (κ1) is 29.1. The van der Waals surface area contributed by atoms with Gasteiger partial charge in [0.2, 0.25) is 0 Å². The van der Waals surface area contributed by atoms with Crippen molar-refractivity contribution in [3.8, 4) is 5.75 Å². The number of ketones is 1. The quantitative estimate of drug-likeness (QED) is 0.218. The van der Waals surface area contributed by atoms with Gasteiger partial charge in [-0.05, 0) is 49.2 Å². The van der Waals surface area contributed by atoms with Crippen molar-refractivity contribution in [3.63, 3.8) is 0 Å². The lowest BCUT2D eigenvalue weighted by molar-refractivity contribution is -0.137. The van der Waals surface area contributed by atoms with Crippen LogP contribution in [0, 0.1) is 0 Å². The van der Waals surface area contributed by atoms with Gasteiger partial charge in [-0.3, -0.25) is 19.4 Å². The molecule has 1 unspecified atom stereocenters. The summed E-state index contributed by atoms with van der Waals surface area (Å²) in [5.41, 5.74) is 0.453. The molecular weight excluding hydrogens is 560 g/mol. The van der Waals surface area contributed by atoms with Gasteiger partial charge in [-0.15, -0.1) is 0 Å². The number of carboxylic acids is 1. The topological polar surface area (TPSA) is 181 Å². The number of β-amino-alcohol motifs (C(OH)–C–C–N with tert-alkyl or cyclic N) is 1. The van der Waals surface area contributed by atoms with Crippen LogP contribution in [0.15, 0.2) is 45.9 Å². The van der Waals surface area contributed by atoms with Crippen molar-refractivity contribution in [2.75, 3.05) is 25.0 Å². The molecule has 12 heteroatoms. The Hall–Kier alpha value is -3.48. The van der Waals surface area contributed by atoms with Crippen molar-refractivity contribution in [2.45, 2.75) is 44.3 Å². The highest BCUT2D eigenvalue weighted by molar-refractivity contribution is 9.10. The number of hydrogen-bond acceptors (Lipinski definition) is 9. The van der Waals surface area contributed by atoms with E-state index in [1.807, 2.05) is 0 Å². The first-order chi connectivity index (χ1) is 17.8. The van der Waals surface area contributed by atoms with E-state index in [4.69, 9.17) is 0 Å². The van der Waals surface area contributed by atoms with Crippen LogP contribution < -0.4 is 16.0 Å². The van der Waals surface area contributed by atoms with Crippen molar-refractivity contribution >= 4 is 45.2 Å². The Kier molecular flexibility index (Phi) is 9.47. The van der Waals surface area contributed by atoms with E-state index in [-0.39, 0.29) is 43.0 Å². The van der Waals surface area contributed by atoms with E-state index in [1.165, 1.54) is 18.2 Å². The van der Waals surface area contributed by atoms with Gasteiger partial charge < -0.3 is 36.4 Å². The van der Waals surface area contributed by atoms with E-state index >= 15 is 0 Å². The lowest BCUT2D eigenvalue weighted by Crippen LogP contribution is -2.42. The SMILES string of the molecule is CC(C)(O)c1cc(Br)cc([C@H](CC(=O)O)CC(=O)CNC(=O)c2cc(O)cc(NC3=NCC(O)CN3)c2)c1. The van der Waals surface area contributed by atoms with Crippen LogP contribution >= 0.6 is 15.9 Å². The zero-order chi connectivity index (χ0) is 28.0. The van der Waals surface area contributed by atoms with E-state index in [1.54, 1.807) is 32.0 Å². The number of aliphatic hydroxyl groups excluding tert-OH is 1. The van der Waals surface area contributed by atoms with Gasteiger partial charge in [0.1, 0.15) is 5.75 Å². The molecule has 1 heterocycles. The van der Waals surface area contributed by atoms with E-state index in [0.717, 1.165) is 0 Å². The van der Waals surface area contributed by atoms with E-state index in [0.29, 0.717) is 33.8 Å². The summed E-state index contributed by atoms with van der Waals surface area (Å²) in [6.45, 7) is 3.40. The molecule has 2 atom stereocenters. The highest BCUT2D eigenvalue weighted by Crippen LogP contribution is 2.31. The zero-order valence-electron chi connectivity index (χ0n) is 21.0. The molecule has 3 rings (SSSR count). The number of anilines is 1. The van der Waals surface area contributed by atoms with Crippen LogP contribution in [0.25, 0.3) is 0 Å². The fourth-order valence-corrected chi connectivity index (χ4v) is 4.43. The van der Waals surface area contributed by atoms with Crippen LogP contribution in [-0.4, -0.2) is 69.8 Å². The molecule has 0 saturated heterocycles. The molecule has 2 aromatic carbocycles. The molecule has 0 radical (unpaired) electrons. The monoisotopic (exact) mass is 590 g/mol. The van der Waals surface area contributed by atoms with Crippen LogP contribution in [0.2, 0.25) is 0 Å². The molecule has 0 saturated carbocycles. The summed E-state index contributed by atoms with van der Waals surface area (Å²) in [5.74, 6) is -2.54. The molecule has 0 aliphatic carbocycles. The van der Waals surface area contributed by atoms with Crippen LogP contribution in [0.1, 0.15) is 54.1 Å². The number of carboxylic acid groups (broad SMARTS) is 1. The van der Waals surface area contributed by atoms with Crippen molar-refractivity contribution in [2.24, 2.45) is 4.99 Å². The van der Waals surface area contributed by atoms with Gasteiger partial charge in [0.25, 0.3) is 5.91 Å². The lowest BCUT2D eigenvalue weighted by Gasteiger charge is -2.22. The van der Waals surface area contributed by atoms with Gasteiger partial charge in [-0.25, -0.2) is 0 Å². The van der Waals surface area contributed by atoms with Crippen molar-refractivity contribution in [3.05, 3.63) is 57.6 Å². The van der Waals surface area contributed by atoms with Gasteiger partial charge in [0.15, 0.2) is 11.7 Å². The third kappa shape index (κ3) is 8.54. The van der Waals surface area contributed by atoms with E-state index in [9.17, 15) is 34.8 Å². The maximum atomic E-state index is 12.8. The number of nitrogens with one attached hydrogen (secondary N) is 3. The number of aliphatic imine (C=N–C) groups is 1. The summed E-state index contributed by atoms with van der Waals surface area (Å²) in [7, 11) is 0. The lowest BCUT2D eigenvalue weighted by atomic mass is 9.87. The molecule has 2 aromatic rings. The number of guanidine groups is 1. The molecule has 7 N–H and O–H groups in total. The number of nitrogens with zero attached hydrogens (tertiary/aromatic N) is 1. The molecule has 11 nitrogen and oxygen atoms in total. The summed E-state index contributed by atoms with van der Waals surface area (Å²) in [4.78, 5) is 41.1. The Morgan fingerprint density at radius 3 is 2.53 bits per heavy atom. The number of phenolic OH excluding ortho intramolecular Hbond substituents is 1. The summed E-state index contributed by atoms with van der Waals surface area (Å²) in [6, 6.07) is 9.23. The fourth-order valence-electron chi connectivity index (χ4n) is 3.91. The number of carbonyl (C=O) groups is 3. The molecule has 1 amide bonds. The van der Waals surface area contributed by atoms with Crippen molar-refractivity contribution in [1.29, 1.82) is 0 Å². The fraction of sp³-hybridized carbons (Fsp3) is 0.385. The highest BCUT2D eigenvalue weighted by atomic mass is 79.9. The Bertz CT molecular complexity index is 1240. The molecule has 1 aliphatic rings. The number of halogens is 1. The minimum absolute atomic E-state index is 0.0978. The summed E-state index contributed by atoms with van der Waals surface area (Å²) < 4.78 is 0.641. The second kappa shape index (κ2) is 12.4. The van der Waals surface area contributed by atoms with Gasteiger partial charge in [0, 0.05) is 40.7 Å². The number of benzene rings is 2. The Morgan fingerprint density at radius 2 is 1.89 bits per heavy atom. The Labute approximate surface area is 228 Å². The average molecular weight is 591 g/mol. The normalized spacial score (nSPS) is 16.1. The van der Waals surface area contributed by atoms with Gasteiger partial charge >= 0.3 is 5.97 Å². The third-order valence-electron chi connectivity index (χ3n) is 5.85. The third-order valence-corrected chi connectivity index (χ3v) is 6.30. The molecule has 0 fully saturated rings. The minimum Gasteiger partial charge on any atom is -0.508 e. The predicted molar refractivity (Wildman–Crippen MR) is 144 cm³/mol. The largest absolute Gasteiger partial charge is 0.508 e. The first-order valence-corrected chi connectivity index (χ1v) is 12.7. The first-order valence-electron chi connectivity index (χ1n) is 11.9. The molecule has 204 valence electrons. The molecule has 0 spiro atoms. The minimum atomic E-state index is -1.17. The molecule has 0 bridgehead atoms. The smallest absolute Gasteiger partial charge is 0.303 e. The summed E-state index contributed by atoms with van der Waals surface area (Å²) >= 11 is 3.38. The van der Waals surface area contributed by atoms with Crippen LogP contribution in [0.5, 0.6) is 5.75 Å². The maximum Gasteiger partial charge on any atom is 0.303 e. The Balaban J connectivity index is 1.67. The maximum absolute atomic E-state index is 12.8. The second-order valence-electron chi connectivity index (χ2n) is 9.67. The molecule has 38 heavy (non-hydrogen) atoms. The Morgan fingerprint density at radius 1 is 1.16 bits per heavy atom. The average Bonchev–Trinajstić information content (AvgIpc) is 2.82. The number of phenols is 1. The number of carbonyl (C=O) groups excluding carboxylic acids is 2. The number of Topliss-reactive ketones (excluding diaryl/α,β-unsaturated/α-hetero) is 1. The van der Waals surface area contributed by atoms with Crippen LogP contribution in [0.4, 0.5) is 5.69 Å². The number of aliphatic hydroxyl groups is 2. The number of amides is 1. The zero-order valence-corrected chi connectivity index (χ0v) is 22.6. The number of aliphatic carboxylic acids is 1. The predicted octanol–water partition coefficient (Wildman–Crippen LogP) is 2.06. The van der Waals surface area contributed by atoms with Gasteiger partial charge in [0.05, 0.1) is 31.2 Å². The number of hydrogen-bond donors (Lipinski definition) is 7. The van der Waals surface area contributed by atoms with Crippen LogP contribution in [-0.2, 0) is 15.2 Å². The van der Waals surface area contributed by atoms with Gasteiger partial charge in [-0.2, -0.15) is 0 Å². The molecular formula is C26H31BrN4O7. The standard InChI is InChI=1S/C26H31BrN4O7/c1-26(2,38)17-3-14(4-18(27)9-17)15(8-23(35)36)6-21(33)11-28-24(37)16-5-19(10-20(32)7-16)31-25-29-12-22(34)13-30-25/h3-5,7,9-10,15,22,32,34,38H,6,8,11-13H2,1-2H3,(H,28,37)(H,35,36)(H2,29,30,31)/t15-/m0/s1. The molecule has 0 aromatic heterocycles. The number of aromatic hydroxyl groups is 1. The van der Waals surface area contributed by atoms with E-state index < -0.39 is 29.5 Å². The van der Waals surface area contributed by atoms with Gasteiger partial charge in [-0.1, -0.05) is 22.0 Å². The molecule has 1 aliphatic heterocycles. The second-order valence-corrected chi connectivity index (χ2v) is 10.6. The summed E-state index contributed by atoms with van der Waals surface area (Å²) in [6.07, 6.45) is -1.04. The number of rotatable bonds is 10.